The van der Waals surface area contributed by atoms with Crippen LogP contribution in [0.5, 0.6) is 5.88 Å². The number of carbonyl (C=O) groups is 1. The SMILES string of the molecule is COC(=O)C1CCN(c2ncnc(OC)c2C)CC1. The molecular weight excluding hydrogens is 246 g/mol. The maximum Gasteiger partial charge on any atom is 0.308 e. The van der Waals surface area contributed by atoms with Crippen LogP contribution in [0.1, 0.15) is 18.4 Å². The largest absolute Gasteiger partial charge is 0.481 e. The highest BCUT2D eigenvalue weighted by Gasteiger charge is 2.27. The topological polar surface area (TPSA) is 64.5 Å². The molecule has 0 saturated carbocycles. The summed E-state index contributed by atoms with van der Waals surface area (Å²) in [4.78, 5) is 22.1. The van der Waals surface area contributed by atoms with Gasteiger partial charge >= 0.3 is 5.97 Å². The average Bonchev–Trinajstić information content (AvgIpc) is 2.47. The number of hydrogen-bond donors (Lipinski definition) is 0. The fourth-order valence-corrected chi connectivity index (χ4v) is 2.44. The lowest BCUT2D eigenvalue weighted by atomic mass is 9.97. The summed E-state index contributed by atoms with van der Waals surface area (Å²) in [5.74, 6) is 1.37. The van der Waals surface area contributed by atoms with Crippen LogP contribution in [0.4, 0.5) is 5.82 Å². The molecule has 6 heteroatoms. The molecule has 2 rings (SSSR count). The normalized spacial score (nSPS) is 16.3. The highest BCUT2D eigenvalue weighted by atomic mass is 16.5. The zero-order chi connectivity index (χ0) is 13.8. The minimum absolute atomic E-state index is 0.00490. The molecule has 1 aromatic rings. The van der Waals surface area contributed by atoms with Gasteiger partial charge < -0.3 is 14.4 Å². The molecule has 2 heterocycles. The van der Waals surface area contributed by atoms with Gasteiger partial charge in [0.05, 0.1) is 25.7 Å². The van der Waals surface area contributed by atoms with Gasteiger partial charge in [0.2, 0.25) is 5.88 Å². The Morgan fingerprint density at radius 2 is 2.00 bits per heavy atom. The van der Waals surface area contributed by atoms with Crippen molar-refractivity contribution in [2.45, 2.75) is 19.8 Å². The van der Waals surface area contributed by atoms with E-state index in [-0.39, 0.29) is 11.9 Å². The second-order valence-electron chi connectivity index (χ2n) is 4.62. The lowest BCUT2D eigenvalue weighted by Gasteiger charge is -2.32. The first kappa shape index (κ1) is 13.6. The predicted molar refractivity (Wildman–Crippen MR) is 70.3 cm³/mol. The number of ether oxygens (including phenoxy) is 2. The van der Waals surface area contributed by atoms with Gasteiger partial charge in [-0.3, -0.25) is 4.79 Å². The molecule has 1 fully saturated rings. The Balaban J connectivity index is 2.08. The van der Waals surface area contributed by atoms with Crippen LogP contribution in [0.3, 0.4) is 0 Å². The van der Waals surface area contributed by atoms with E-state index in [1.165, 1.54) is 13.4 Å². The van der Waals surface area contributed by atoms with Crippen molar-refractivity contribution < 1.29 is 14.3 Å². The molecule has 0 unspecified atom stereocenters. The average molecular weight is 265 g/mol. The Morgan fingerprint density at radius 1 is 1.32 bits per heavy atom. The fourth-order valence-electron chi connectivity index (χ4n) is 2.44. The van der Waals surface area contributed by atoms with E-state index in [9.17, 15) is 4.79 Å². The lowest BCUT2D eigenvalue weighted by molar-refractivity contribution is -0.146. The summed E-state index contributed by atoms with van der Waals surface area (Å²) >= 11 is 0. The van der Waals surface area contributed by atoms with E-state index in [2.05, 4.69) is 14.9 Å². The van der Waals surface area contributed by atoms with Gasteiger partial charge in [-0.1, -0.05) is 0 Å². The monoisotopic (exact) mass is 265 g/mol. The Morgan fingerprint density at radius 3 is 2.58 bits per heavy atom. The van der Waals surface area contributed by atoms with E-state index >= 15 is 0 Å². The third kappa shape index (κ3) is 2.77. The summed E-state index contributed by atoms with van der Waals surface area (Å²) in [6.07, 6.45) is 3.09. The van der Waals surface area contributed by atoms with E-state index in [1.807, 2.05) is 6.92 Å². The van der Waals surface area contributed by atoms with E-state index in [4.69, 9.17) is 9.47 Å². The molecular formula is C13H19N3O3. The van der Waals surface area contributed by atoms with Crippen LogP contribution in [0.15, 0.2) is 6.33 Å². The molecule has 0 spiro atoms. The van der Waals surface area contributed by atoms with Gasteiger partial charge in [0.15, 0.2) is 0 Å². The van der Waals surface area contributed by atoms with Crippen molar-refractivity contribution in [3.8, 4) is 5.88 Å². The van der Waals surface area contributed by atoms with Crippen LogP contribution < -0.4 is 9.64 Å². The molecule has 104 valence electrons. The highest BCUT2D eigenvalue weighted by Crippen LogP contribution is 2.28. The number of esters is 1. The van der Waals surface area contributed by atoms with Gasteiger partial charge in [0.25, 0.3) is 0 Å². The van der Waals surface area contributed by atoms with Crippen molar-refractivity contribution in [2.75, 3.05) is 32.2 Å². The van der Waals surface area contributed by atoms with Crippen LogP contribution in [0.25, 0.3) is 0 Å². The quantitative estimate of drug-likeness (QED) is 0.765. The third-order valence-electron chi connectivity index (χ3n) is 3.53. The molecule has 0 N–H and O–H groups in total. The number of methoxy groups -OCH3 is 2. The summed E-state index contributed by atoms with van der Waals surface area (Å²) < 4.78 is 9.99. The van der Waals surface area contributed by atoms with Gasteiger partial charge in [-0.15, -0.1) is 0 Å². The molecule has 1 aliphatic heterocycles. The molecule has 0 aliphatic carbocycles. The first-order chi connectivity index (χ1) is 9.17. The second kappa shape index (κ2) is 5.86. The lowest BCUT2D eigenvalue weighted by Crippen LogP contribution is -2.37. The van der Waals surface area contributed by atoms with Gasteiger partial charge in [-0.2, -0.15) is 0 Å². The number of hydrogen-bond acceptors (Lipinski definition) is 6. The zero-order valence-electron chi connectivity index (χ0n) is 11.5. The number of rotatable bonds is 3. The number of carbonyl (C=O) groups excluding carboxylic acids is 1. The summed E-state index contributed by atoms with van der Waals surface area (Å²) in [5, 5.41) is 0. The molecule has 6 nitrogen and oxygen atoms in total. The zero-order valence-corrected chi connectivity index (χ0v) is 11.5. The minimum atomic E-state index is -0.114. The Hall–Kier alpha value is -1.85. The van der Waals surface area contributed by atoms with Crippen molar-refractivity contribution in [3.05, 3.63) is 11.9 Å². The first-order valence-electron chi connectivity index (χ1n) is 6.35. The highest BCUT2D eigenvalue weighted by molar-refractivity contribution is 5.72. The Labute approximate surface area is 112 Å². The number of aromatic nitrogens is 2. The van der Waals surface area contributed by atoms with Gasteiger partial charge in [-0.25, -0.2) is 9.97 Å². The fraction of sp³-hybridized carbons (Fsp3) is 0.615. The van der Waals surface area contributed by atoms with Crippen molar-refractivity contribution in [2.24, 2.45) is 5.92 Å². The van der Waals surface area contributed by atoms with Gasteiger partial charge in [0.1, 0.15) is 12.1 Å². The van der Waals surface area contributed by atoms with E-state index in [1.54, 1.807) is 7.11 Å². The van der Waals surface area contributed by atoms with Crippen LogP contribution in [-0.2, 0) is 9.53 Å². The van der Waals surface area contributed by atoms with Crippen LogP contribution >= 0.6 is 0 Å². The van der Waals surface area contributed by atoms with E-state index in [0.717, 1.165) is 37.3 Å². The molecule has 0 atom stereocenters. The Kier molecular flexibility index (Phi) is 4.19. The second-order valence-corrected chi connectivity index (χ2v) is 4.62. The molecule has 0 amide bonds. The van der Waals surface area contributed by atoms with Gasteiger partial charge in [0, 0.05) is 13.1 Å². The maximum atomic E-state index is 11.5. The number of anilines is 1. The summed E-state index contributed by atoms with van der Waals surface area (Å²) in [5.41, 5.74) is 0.932. The smallest absolute Gasteiger partial charge is 0.308 e. The third-order valence-corrected chi connectivity index (χ3v) is 3.53. The summed E-state index contributed by atoms with van der Waals surface area (Å²) in [7, 11) is 3.04. The predicted octanol–water partition coefficient (Wildman–Crippen LogP) is 1.18. The Bertz CT molecular complexity index is 456. The van der Waals surface area contributed by atoms with E-state index < -0.39 is 0 Å². The van der Waals surface area contributed by atoms with Crippen LogP contribution in [0.2, 0.25) is 0 Å². The molecule has 0 bridgehead atoms. The molecule has 0 radical (unpaired) electrons. The van der Waals surface area contributed by atoms with Crippen molar-refractivity contribution in [1.29, 1.82) is 0 Å². The number of piperidine rings is 1. The van der Waals surface area contributed by atoms with Crippen LogP contribution in [-0.4, -0.2) is 43.2 Å². The van der Waals surface area contributed by atoms with Gasteiger partial charge in [-0.05, 0) is 19.8 Å². The van der Waals surface area contributed by atoms with Crippen molar-refractivity contribution >= 4 is 11.8 Å². The standard InChI is InChI=1S/C13H19N3O3/c1-9-11(14-8-15-12(9)18-2)16-6-4-10(5-7-16)13(17)19-3/h8,10H,4-7H2,1-3H3. The van der Waals surface area contributed by atoms with Crippen molar-refractivity contribution in [1.82, 2.24) is 9.97 Å². The minimum Gasteiger partial charge on any atom is -0.481 e. The first-order valence-corrected chi connectivity index (χ1v) is 6.35. The van der Waals surface area contributed by atoms with Crippen LogP contribution in [0, 0.1) is 12.8 Å². The summed E-state index contributed by atoms with van der Waals surface area (Å²) in [6, 6.07) is 0. The molecule has 0 aromatic carbocycles. The molecule has 1 aromatic heterocycles. The number of nitrogens with zero attached hydrogens (tertiary/aromatic N) is 3. The maximum absolute atomic E-state index is 11.5. The molecule has 1 saturated heterocycles. The van der Waals surface area contributed by atoms with Crippen molar-refractivity contribution in [3.63, 3.8) is 0 Å². The molecule has 1 aliphatic rings. The summed E-state index contributed by atoms with van der Waals surface area (Å²) in [6.45, 7) is 3.53. The molecule has 19 heavy (non-hydrogen) atoms. The van der Waals surface area contributed by atoms with E-state index in [0.29, 0.717) is 5.88 Å².